The summed E-state index contributed by atoms with van der Waals surface area (Å²) in [4.78, 5) is 5.60. The Labute approximate surface area is 123 Å². The molecular weight excluding hydrogens is 328 g/mol. The van der Waals surface area contributed by atoms with E-state index in [9.17, 15) is 0 Å². The Balaban J connectivity index is 2.07. The second kappa shape index (κ2) is 6.95. The fourth-order valence-electron chi connectivity index (χ4n) is 1.32. The predicted molar refractivity (Wildman–Crippen MR) is 81.7 cm³/mol. The second-order valence-corrected chi connectivity index (χ2v) is 6.16. The zero-order valence-electron chi connectivity index (χ0n) is 9.52. The van der Waals surface area contributed by atoms with Crippen LogP contribution in [0.2, 0.25) is 0 Å². The Hall–Kier alpha value is -0.800. The molecule has 2 N–H and O–H groups in total. The molecular formula is C13H11BrN2S2. The van der Waals surface area contributed by atoms with Crippen LogP contribution in [0.15, 0.2) is 39.3 Å². The summed E-state index contributed by atoms with van der Waals surface area (Å²) in [5.74, 6) is 6.86. The van der Waals surface area contributed by atoms with Crippen molar-refractivity contribution in [3.8, 4) is 11.8 Å². The first-order chi connectivity index (χ1) is 8.81. The van der Waals surface area contributed by atoms with Crippen LogP contribution in [0.1, 0.15) is 10.4 Å². The normalized spacial score (nSPS) is 9.89. The Bertz CT molecular complexity index is 584. The van der Waals surface area contributed by atoms with Crippen molar-refractivity contribution in [2.24, 2.45) is 5.73 Å². The van der Waals surface area contributed by atoms with Crippen LogP contribution in [-0.2, 0) is 5.75 Å². The van der Waals surface area contributed by atoms with Crippen LogP contribution < -0.4 is 5.73 Å². The van der Waals surface area contributed by atoms with Gasteiger partial charge in [0.15, 0.2) is 0 Å². The molecule has 0 aromatic carbocycles. The summed E-state index contributed by atoms with van der Waals surface area (Å²) < 4.78 is 1.03. The molecule has 2 aromatic rings. The fraction of sp³-hybridized carbons (Fsp3) is 0.154. The summed E-state index contributed by atoms with van der Waals surface area (Å²) in [5, 5.41) is 3.06. The van der Waals surface area contributed by atoms with Gasteiger partial charge in [0.05, 0.1) is 6.54 Å². The molecule has 0 bridgehead atoms. The minimum absolute atomic E-state index is 0.397. The Kier molecular flexibility index (Phi) is 5.26. The van der Waals surface area contributed by atoms with Crippen molar-refractivity contribution in [1.82, 2.24) is 4.98 Å². The van der Waals surface area contributed by atoms with Gasteiger partial charge < -0.3 is 5.73 Å². The molecule has 5 heteroatoms. The van der Waals surface area contributed by atoms with Crippen molar-refractivity contribution < 1.29 is 0 Å². The quantitative estimate of drug-likeness (QED) is 0.687. The lowest BCUT2D eigenvalue weighted by Crippen LogP contribution is -1.93. The maximum absolute atomic E-state index is 5.39. The third-order valence-electron chi connectivity index (χ3n) is 2.14. The molecule has 0 fully saturated rings. The summed E-state index contributed by atoms with van der Waals surface area (Å²) in [7, 11) is 0. The van der Waals surface area contributed by atoms with E-state index in [1.54, 1.807) is 29.3 Å². The molecule has 0 saturated heterocycles. The highest BCUT2D eigenvalue weighted by molar-refractivity contribution is 9.10. The summed E-state index contributed by atoms with van der Waals surface area (Å²) in [6, 6.07) is 5.95. The van der Waals surface area contributed by atoms with E-state index < -0.39 is 0 Å². The van der Waals surface area contributed by atoms with Crippen LogP contribution in [0.4, 0.5) is 0 Å². The van der Waals surface area contributed by atoms with Crippen molar-refractivity contribution in [2.75, 3.05) is 6.54 Å². The van der Waals surface area contributed by atoms with Crippen LogP contribution in [-0.4, -0.2) is 11.5 Å². The van der Waals surface area contributed by atoms with Crippen LogP contribution >= 0.6 is 39.0 Å². The maximum atomic E-state index is 5.39. The van der Waals surface area contributed by atoms with Crippen LogP contribution in [0, 0.1) is 11.8 Å². The van der Waals surface area contributed by atoms with Gasteiger partial charge in [-0.25, -0.2) is 4.98 Å². The first kappa shape index (κ1) is 13.6. The number of nitrogens with zero attached hydrogens (tertiary/aromatic N) is 1. The monoisotopic (exact) mass is 338 g/mol. The van der Waals surface area contributed by atoms with E-state index >= 15 is 0 Å². The molecule has 2 rings (SSSR count). The molecule has 0 aliphatic carbocycles. The van der Waals surface area contributed by atoms with E-state index in [2.05, 4.69) is 38.1 Å². The standard InChI is InChI=1S/C13H11BrN2S2/c14-11-4-2-7-16-13(11)18-9-12-10(3-1-6-15)5-8-17-12/h2,4-5,7-8H,6,9,15H2. The lowest BCUT2D eigenvalue weighted by Gasteiger charge is -2.01. The van der Waals surface area contributed by atoms with Crippen molar-refractivity contribution in [3.05, 3.63) is 44.7 Å². The fourth-order valence-corrected chi connectivity index (χ4v) is 3.75. The zero-order valence-corrected chi connectivity index (χ0v) is 12.7. The molecule has 0 unspecified atom stereocenters. The molecule has 0 aliphatic heterocycles. The lowest BCUT2D eigenvalue weighted by atomic mass is 10.3. The van der Waals surface area contributed by atoms with E-state index in [1.807, 2.05) is 18.2 Å². The van der Waals surface area contributed by atoms with Gasteiger partial charge in [0.1, 0.15) is 5.03 Å². The SMILES string of the molecule is NCC#Cc1ccsc1CSc1ncccc1Br. The van der Waals surface area contributed by atoms with Gasteiger partial charge in [0.25, 0.3) is 0 Å². The summed E-state index contributed by atoms with van der Waals surface area (Å²) in [6.07, 6.45) is 1.80. The number of hydrogen-bond donors (Lipinski definition) is 1. The summed E-state index contributed by atoms with van der Waals surface area (Å²) >= 11 is 6.92. The highest BCUT2D eigenvalue weighted by atomic mass is 79.9. The zero-order chi connectivity index (χ0) is 12.8. The molecule has 0 atom stereocenters. The topological polar surface area (TPSA) is 38.9 Å². The minimum Gasteiger partial charge on any atom is -0.320 e. The van der Waals surface area contributed by atoms with Crippen molar-refractivity contribution in [1.29, 1.82) is 0 Å². The van der Waals surface area contributed by atoms with Crippen LogP contribution in [0.3, 0.4) is 0 Å². The summed E-state index contributed by atoms with van der Waals surface area (Å²) in [5.41, 5.74) is 6.46. The molecule has 0 saturated carbocycles. The minimum atomic E-state index is 0.397. The smallest absolute Gasteiger partial charge is 0.111 e. The number of hydrogen-bond acceptors (Lipinski definition) is 4. The molecule has 2 aromatic heterocycles. The molecule has 0 amide bonds. The molecule has 0 radical (unpaired) electrons. The number of thioether (sulfide) groups is 1. The van der Waals surface area contributed by atoms with E-state index in [-0.39, 0.29) is 0 Å². The van der Waals surface area contributed by atoms with Gasteiger partial charge in [0, 0.05) is 26.9 Å². The van der Waals surface area contributed by atoms with Crippen molar-refractivity contribution in [2.45, 2.75) is 10.8 Å². The van der Waals surface area contributed by atoms with Gasteiger partial charge in [-0.2, -0.15) is 0 Å². The van der Waals surface area contributed by atoms with Gasteiger partial charge in [0.2, 0.25) is 0 Å². The van der Waals surface area contributed by atoms with Crippen molar-refractivity contribution >= 4 is 39.0 Å². The van der Waals surface area contributed by atoms with E-state index in [1.165, 1.54) is 4.88 Å². The van der Waals surface area contributed by atoms with Gasteiger partial charge in [-0.05, 0) is 39.5 Å². The maximum Gasteiger partial charge on any atom is 0.111 e. The Morgan fingerprint density at radius 2 is 2.33 bits per heavy atom. The number of halogens is 1. The lowest BCUT2D eigenvalue weighted by molar-refractivity contribution is 1.11. The third-order valence-corrected chi connectivity index (χ3v) is 5.17. The van der Waals surface area contributed by atoms with Gasteiger partial charge in [-0.1, -0.05) is 23.6 Å². The molecule has 0 aliphatic rings. The largest absolute Gasteiger partial charge is 0.320 e. The number of thiophene rings is 1. The van der Waals surface area contributed by atoms with Crippen molar-refractivity contribution in [3.63, 3.8) is 0 Å². The van der Waals surface area contributed by atoms with E-state index in [0.717, 1.165) is 20.8 Å². The number of rotatable bonds is 3. The number of pyridine rings is 1. The molecule has 18 heavy (non-hydrogen) atoms. The van der Waals surface area contributed by atoms with Crippen LogP contribution in [0.5, 0.6) is 0 Å². The summed E-state index contributed by atoms with van der Waals surface area (Å²) in [6.45, 7) is 0.397. The molecule has 92 valence electrons. The van der Waals surface area contributed by atoms with Gasteiger partial charge in [-0.3, -0.25) is 0 Å². The average molecular weight is 339 g/mol. The van der Waals surface area contributed by atoms with E-state index in [0.29, 0.717) is 6.54 Å². The van der Waals surface area contributed by atoms with E-state index in [4.69, 9.17) is 5.73 Å². The second-order valence-electron chi connectivity index (χ2n) is 3.34. The van der Waals surface area contributed by atoms with Gasteiger partial charge >= 0.3 is 0 Å². The van der Waals surface area contributed by atoms with Gasteiger partial charge in [-0.15, -0.1) is 11.3 Å². The first-order valence-corrected chi connectivity index (χ1v) is 7.95. The predicted octanol–water partition coefficient (Wildman–Crippen LogP) is 3.51. The Morgan fingerprint density at radius 1 is 1.44 bits per heavy atom. The highest BCUT2D eigenvalue weighted by Gasteiger charge is 2.05. The number of nitrogens with two attached hydrogens (primary N) is 1. The molecule has 2 nitrogen and oxygen atoms in total. The highest BCUT2D eigenvalue weighted by Crippen LogP contribution is 2.30. The number of aromatic nitrogens is 1. The Morgan fingerprint density at radius 3 is 3.11 bits per heavy atom. The third kappa shape index (κ3) is 3.59. The molecule has 2 heterocycles. The first-order valence-electron chi connectivity index (χ1n) is 5.30. The van der Waals surface area contributed by atoms with Crippen LogP contribution in [0.25, 0.3) is 0 Å². The molecule has 0 spiro atoms. The average Bonchev–Trinajstić information content (AvgIpc) is 2.83.